The van der Waals surface area contributed by atoms with E-state index in [0.717, 1.165) is 12.5 Å². The second kappa shape index (κ2) is 6.50. The first-order valence-electron chi connectivity index (χ1n) is 7.91. The van der Waals surface area contributed by atoms with Crippen LogP contribution in [-0.4, -0.2) is 30.6 Å². The van der Waals surface area contributed by atoms with E-state index in [1.54, 1.807) is 31.1 Å². The number of benzene rings is 1. The molecule has 2 aromatic rings. The molecule has 4 nitrogen and oxygen atoms in total. The van der Waals surface area contributed by atoms with Gasteiger partial charge in [-0.15, -0.1) is 0 Å². The average Bonchev–Trinajstić information content (AvgIpc) is 3.03. The summed E-state index contributed by atoms with van der Waals surface area (Å²) in [6.45, 7) is 0.523. The second-order valence-corrected chi connectivity index (χ2v) is 6.21. The van der Waals surface area contributed by atoms with Gasteiger partial charge in [-0.25, -0.2) is 9.37 Å². The van der Waals surface area contributed by atoms with E-state index in [-0.39, 0.29) is 23.6 Å². The zero-order chi connectivity index (χ0) is 18.2. The Morgan fingerprint density at radius 2 is 1.92 bits per heavy atom. The standard InChI is InChI=1S/C17H18F4N4/c1-24(2)15-10-14(17(19,20)21)22-16(23-15)25-8-4-7-13(25)11-5-3-6-12(18)9-11/h3,5-6,9-10,13H,4,7-8H2,1-2H3/t13-/m1/s1. The molecule has 8 heteroatoms. The van der Waals surface area contributed by atoms with Gasteiger partial charge in [-0.2, -0.15) is 18.2 Å². The van der Waals surface area contributed by atoms with Gasteiger partial charge in [0.15, 0.2) is 5.69 Å². The molecule has 134 valence electrons. The molecule has 0 amide bonds. The minimum Gasteiger partial charge on any atom is -0.363 e. The minimum absolute atomic E-state index is 0.0188. The molecule has 1 aromatic heterocycles. The quantitative estimate of drug-likeness (QED) is 0.779. The Morgan fingerprint density at radius 3 is 2.56 bits per heavy atom. The van der Waals surface area contributed by atoms with Crippen molar-refractivity contribution in [3.05, 3.63) is 47.4 Å². The van der Waals surface area contributed by atoms with E-state index in [2.05, 4.69) is 9.97 Å². The number of rotatable bonds is 3. The summed E-state index contributed by atoms with van der Waals surface area (Å²) in [4.78, 5) is 11.2. The Hall–Kier alpha value is -2.38. The Balaban J connectivity index is 2.03. The van der Waals surface area contributed by atoms with Gasteiger partial charge in [0.25, 0.3) is 0 Å². The van der Waals surface area contributed by atoms with E-state index in [4.69, 9.17) is 0 Å². The molecule has 2 heterocycles. The number of halogens is 4. The van der Waals surface area contributed by atoms with Crippen LogP contribution in [0.5, 0.6) is 0 Å². The Bertz CT molecular complexity index is 761. The molecular formula is C17H18F4N4. The second-order valence-electron chi connectivity index (χ2n) is 6.21. The molecule has 0 N–H and O–H groups in total. The van der Waals surface area contributed by atoms with Crippen molar-refractivity contribution in [3.63, 3.8) is 0 Å². The van der Waals surface area contributed by atoms with E-state index >= 15 is 0 Å². The SMILES string of the molecule is CN(C)c1cc(C(F)(F)F)nc(N2CCC[C@@H]2c2cccc(F)c2)n1. The summed E-state index contributed by atoms with van der Waals surface area (Å²) in [7, 11) is 3.25. The van der Waals surface area contributed by atoms with Gasteiger partial charge < -0.3 is 9.80 Å². The maximum atomic E-state index is 13.5. The maximum absolute atomic E-state index is 13.5. The highest BCUT2D eigenvalue weighted by Gasteiger charge is 2.36. The Labute approximate surface area is 143 Å². The van der Waals surface area contributed by atoms with Gasteiger partial charge >= 0.3 is 6.18 Å². The average molecular weight is 354 g/mol. The first kappa shape index (κ1) is 17.4. The highest BCUT2D eigenvalue weighted by atomic mass is 19.4. The molecule has 0 bridgehead atoms. The summed E-state index contributed by atoms with van der Waals surface area (Å²) in [5.74, 6) is -0.171. The molecule has 1 aliphatic rings. The fourth-order valence-corrected chi connectivity index (χ4v) is 2.99. The zero-order valence-corrected chi connectivity index (χ0v) is 13.9. The largest absolute Gasteiger partial charge is 0.433 e. The van der Waals surface area contributed by atoms with E-state index in [9.17, 15) is 17.6 Å². The molecule has 0 spiro atoms. The third-order valence-electron chi connectivity index (χ3n) is 4.19. The first-order chi connectivity index (χ1) is 11.8. The van der Waals surface area contributed by atoms with Crippen molar-refractivity contribution in [2.45, 2.75) is 25.1 Å². The van der Waals surface area contributed by atoms with Crippen molar-refractivity contribution in [1.29, 1.82) is 0 Å². The summed E-state index contributed by atoms with van der Waals surface area (Å²) in [5, 5.41) is 0. The molecule has 1 fully saturated rings. The van der Waals surface area contributed by atoms with Crippen molar-refractivity contribution in [1.82, 2.24) is 9.97 Å². The highest BCUT2D eigenvalue weighted by Crippen LogP contribution is 2.37. The van der Waals surface area contributed by atoms with Gasteiger partial charge in [0, 0.05) is 26.7 Å². The van der Waals surface area contributed by atoms with Crippen molar-refractivity contribution >= 4 is 11.8 Å². The van der Waals surface area contributed by atoms with Gasteiger partial charge in [-0.1, -0.05) is 12.1 Å². The number of alkyl halides is 3. The van der Waals surface area contributed by atoms with Gasteiger partial charge in [0.1, 0.15) is 11.6 Å². The third kappa shape index (κ3) is 3.67. The zero-order valence-electron chi connectivity index (χ0n) is 13.9. The van der Waals surface area contributed by atoms with E-state index in [0.29, 0.717) is 18.5 Å². The first-order valence-corrected chi connectivity index (χ1v) is 7.91. The number of anilines is 2. The van der Waals surface area contributed by atoms with Gasteiger partial charge in [-0.05, 0) is 30.5 Å². The lowest BCUT2D eigenvalue weighted by molar-refractivity contribution is -0.141. The Morgan fingerprint density at radius 1 is 1.16 bits per heavy atom. The normalized spacial score (nSPS) is 17.8. The molecule has 1 saturated heterocycles. The van der Waals surface area contributed by atoms with Crippen LogP contribution in [0.15, 0.2) is 30.3 Å². The van der Waals surface area contributed by atoms with E-state index < -0.39 is 11.9 Å². The summed E-state index contributed by atoms with van der Waals surface area (Å²) in [5.41, 5.74) is -0.268. The topological polar surface area (TPSA) is 32.3 Å². The molecule has 25 heavy (non-hydrogen) atoms. The lowest BCUT2D eigenvalue weighted by Gasteiger charge is -2.27. The van der Waals surface area contributed by atoms with Crippen LogP contribution in [0.3, 0.4) is 0 Å². The lowest BCUT2D eigenvalue weighted by atomic mass is 10.0. The molecule has 0 aliphatic carbocycles. The van der Waals surface area contributed by atoms with Crippen LogP contribution >= 0.6 is 0 Å². The van der Waals surface area contributed by atoms with E-state index in [1.165, 1.54) is 17.0 Å². The van der Waals surface area contributed by atoms with Crippen LogP contribution in [0.4, 0.5) is 29.3 Å². The molecule has 1 aromatic carbocycles. The molecule has 0 radical (unpaired) electrons. The van der Waals surface area contributed by atoms with Crippen LogP contribution in [0.25, 0.3) is 0 Å². The summed E-state index contributed by atoms with van der Waals surface area (Å²) >= 11 is 0. The minimum atomic E-state index is -4.56. The number of nitrogens with zero attached hydrogens (tertiary/aromatic N) is 4. The predicted molar refractivity (Wildman–Crippen MR) is 87.1 cm³/mol. The monoisotopic (exact) mass is 354 g/mol. The van der Waals surface area contributed by atoms with Crippen molar-refractivity contribution in [2.24, 2.45) is 0 Å². The van der Waals surface area contributed by atoms with Crippen LogP contribution in [0.2, 0.25) is 0 Å². The Kier molecular flexibility index (Phi) is 4.53. The van der Waals surface area contributed by atoms with Crippen LogP contribution < -0.4 is 9.80 Å². The lowest BCUT2D eigenvalue weighted by Crippen LogP contribution is -2.27. The summed E-state index contributed by atoms with van der Waals surface area (Å²) in [6, 6.07) is 6.80. The van der Waals surface area contributed by atoms with Crippen molar-refractivity contribution in [2.75, 3.05) is 30.4 Å². The van der Waals surface area contributed by atoms with Crippen molar-refractivity contribution in [3.8, 4) is 0 Å². The van der Waals surface area contributed by atoms with Gasteiger partial charge in [0.2, 0.25) is 5.95 Å². The van der Waals surface area contributed by atoms with Gasteiger partial charge in [0.05, 0.1) is 6.04 Å². The van der Waals surface area contributed by atoms with Crippen LogP contribution in [0.1, 0.15) is 30.1 Å². The summed E-state index contributed by atoms with van der Waals surface area (Å²) in [6.07, 6.45) is -3.07. The fraction of sp³-hybridized carbons (Fsp3) is 0.412. The number of aromatic nitrogens is 2. The maximum Gasteiger partial charge on any atom is 0.433 e. The molecule has 1 atom stereocenters. The van der Waals surface area contributed by atoms with E-state index in [1.807, 2.05) is 0 Å². The highest BCUT2D eigenvalue weighted by molar-refractivity contribution is 5.48. The van der Waals surface area contributed by atoms with Crippen molar-refractivity contribution < 1.29 is 17.6 Å². The molecule has 0 unspecified atom stereocenters. The number of hydrogen-bond donors (Lipinski definition) is 0. The predicted octanol–water partition coefficient (Wildman–Crippen LogP) is 4.04. The third-order valence-corrected chi connectivity index (χ3v) is 4.19. The molecule has 1 aliphatic heterocycles. The molecule has 3 rings (SSSR count). The summed E-state index contributed by atoms with van der Waals surface area (Å²) < 4.78 is 53.1. The number of hydrogen-bond acceptors (Lipinski definition) is 4. The van der Waals surface area contributed by atoms with Crippen LogP contribution in [-0.2, 0) is 6.18 Å². The molecule has 0 saturated carbocycles. The fourth-order valence-electron chi connectivity index (χ4n) is 2.99. The van der Waals surface area contributed by atoms with Gasteiger partial charge in [-0.3, -0.25) is 0 Å². The molecular weight excluding hydrogens is 336 g/mol. The van der Waals surface area contributed by atoms with Crippen LogP contribution in [0, 0.1) is 5.82 Å². The smallest absolute Gasteiger partial charge is 0.363 e.